The van der Waals surface area contributed by atoms with Gasteiger partial charge in [0, 0.05) is 6.42 Å². The molecule has 0 unspecified atom stereocenters. The highest BCUT2D eigenvalue weighted by Gasteiger charge is 2.40. The molecule has 1 saturated carbocycles. The van der Waals surface area contributed by atoms with E-state index in [0.29, 0.717) is 18.9 Å². The number of hydrogen-bond acceptors (Lipinski definition) is 3. The van der Waals surface area contributed by atoms with Crippen LogP contribution < -0.4 is 11.1 Å². The van der Waals surface area contributed by atoms with E-state index in [2.05, 4.69) is 19.2 Å². The van der Waals surface area contributed by atoms with Crippen LogP contribution >= 0.6 is 0 Å². The number of carbonyl (C=O) groups is 2. The van der Waals surface area contributed by atoms with E-state index in [-0.39, 0.29) is 18.2 Å². The van der Waals surface area contributed by atoms with E-state index < -0.39 is 11.5 Å². The lowest BCUT2D eigenvalue weighted by Crippen LogP contribution is -2.55. The van der Waals surface area contributed by atoms with Gasteiger partial charge in [-0.2, -0.15) is 0 Å². The molecule has 0 aromatic heterocycles. The molecule has 1 atom stereocenters. The highest BCUT2D eigenvalue weighted by atomic mass is 16.4. The second-order valence-corrected chi connectivity index (χ2v) is 6.19. The molecule has 19 heavy (non-hydrogen) atoms. The van der Waals surface area contributed by atoms with Gasteiger partial charge in [0.25, 0.3) is 0 Å². The van der Waals surface area contributed by atoms with Gasteiger partial charge in [-0.25, -0.2) is 0 Å². The van der Waals surface area contributed by atoms with Gasteiger partial charge in [-0.1, -0.05) is 13.8 Å². The van der Waals surface area contributed by atoms with Crippen LogP contribution in [0.1, 0.15) is 52.4 Å². The summed E-state index contributed by atoms with van der Waals surface area (Å²) in [5, 5.41) is 11.8. The molecule has 0 bridgehead atoms. The average Bonchev–Trinajstić information content (AvgIpc) is 2.23. The largest absolute Gasteiger partial charge is 0.481 e. The standard InChI is InChI=1S/C14H26N2O3/c1-10(2)6-11(9-15)7-12(17)16-14(4-3-5-14)8-13(18)19/h10-11H,3-9,15H2,1-2H3,(H,16,17)(H,18,19)/t11-/m0/s1. The number of nitrogens with one attached hydrogen (secondary N) is 1. The smallest absolute Gasteiger partial charge is 0.305 e. The van der Waals surface area contributed by atoms with Crippen LogP contribution in [-0.4, -0.2) is 29.1 Å². The first kappa shape index (κ1) is 16.0. The first-order valence-electron chi connectivity index (χ1n) is 7.10. The summed E-state index contributed by atoms with van der Waals surface area (Å²) in [7, 11) is 0. The van der Waals surface area contributed by atoms with E-state index in [9.17, 15) is 9.59 Å². The number of nitrogens with two attached hydrogens (primary N) is 1. The van der Waals surface area contributed by atoms with Crippen molar-refractivity contribution in [2.24, 2.45) is 17.6 Å². The van der Waals surface area contributed by atoms with E-state index >= 15 is 0 Å². The van der Waals surface area contributed by atoms with Crippen LogP contribution in [0.4, 0.5) is 0 Å². The zero-order valence-electron chi connectivity index (χ0n) is 11.9. The summed E-state index contributed by atoms with van der Waals surface area (Å²) >= 11 is 0. The van der Waals surface area contributed by atoms with Crippen LogP contribution in [0, 0.1) is 11.8 Å². The molecule has 0 saturated heterocycles. The Morgan fingerprint density at radius 1 is 1.37 bits per heavy atom. The summed E-state index contributed by atoms with van der Waals surface area (Å²) in [5.74, 6) is -0.213. The molecule has 110 valence electrons. The number of aliphatic carboxylic acids is 1. The van der Waals surface area contributed by atoms with Crippen molar-refractivity contribution in [2.75, 3.05) is 6.54 Å². The molecule has 5 heteroatoms. The fourth-order valence-corrected chi connectivity index (χ4v) is 2.78. The van der Waals surface area contributed by atoms with Crippen LogP contribution in [0.5, 0.6) is 0 Å². The predicted molar refractivity (Wildman–Crippen MR) is 73.6 cm³/mol. The van der Waals surface area contributed by atoms with E-state index in [1.807, 2.05) is 0 Å². The molecule has 1 aliphatic rings. The van der Waals surface area contributed by atoms with Crippen molar-refractivity contribution < 1.29 is 14.7 Å². The molecule has 1 fully saturated rings. The molecule has 0 radical (unpaired) electrons. The number of carbonyl (C=O) groups excluding carboxylic acids is 1. The maximum absolute atomic E-state index is 12.0. The zero-order valence-corrected chi connectivity index (χ0v) is 11.9. The summed E-state index contributed by atoms with van der Waals surface area (Å²) in [6.07, 6.45) is 3.87. The van der Waals surface area contributed by atoms with Crippen molar-refractivity contribution in [3.8, 4) is 0 Å². The Morgan fingerprint density at radius 3 is 2.37 bits per heavy atom. The maximum Gasteiger partial charge on any atom is 0.305 e. The van der Waals surface area contributed by atoms with Crippen molar-refractivity contribution in [3.63, 3.8) is 0 Å². The highest BCUT2D eigenvalue weighted by molar-refractivity contribution is 5.78. The Kier molecular flexibility index (Phi) is 5.79. The van der Waals surface area contributed by atoms with Crippen LogP contribution in [0.2, 0.25) is 0 Å². The predicted octanol–water partition coefficient (Wildman–Crippen LogP) is 1.51. The molecule has 0 aliphatic heterocycles. The van der Waals surface area contributed by atoms with E-state index in [1.54, 1.807) is 0 Å². The number of amides is 1. The van der Waals surface area contributed by atoms with Crippen molar-refractivity contribution >= 4 is 11.9 Å². The second kappa shape index (κ2) is 6.89. The van der Waals surface area contributed by atoms with Gasteiger partial charge in [0.15, 0.2) is 0 Å². The first-order chi connectivity index (χ1) is 8.87. The van der Waals surface area contributed by atoms with Crippen LogP contribution in [0.3, 0.4) is 0 Å². The zero-order chi connectivity index (χ0) is 14.5. The van der Waals surface area contributed by atoms with Gasteiger partial charge < -0.3 is 16.2 Å². The van der Waals surface area contributed by atoms with Crippen molar-refractivity contribution in [2.45, 2.75) is 57.9 Å². The molecular weight excluding hydrogens is 244 g/mol. The molecule has 5 nitrogen and oxygen atoms in total. The summed E-state index contributed by atoms with van der Waals surface area (Å²) in [6, 6.07) is 0. The summed E-state index contributed by atoms with van der Waals surface area (Å²) < 4.78 is 0. The fraction of sp³-hybridized carbons (Fsp3) is 0.857. The third-order valence-electron chi connectivity index (χ3n) is 3.82. The molecule has 0 spiro atoms. The summed E-state index contributed by atoms with van der Waals surface area (Å²) in [4.78, 5) is 22.9. The summed E-state index contributed by atoms with van der Waals surface area (Å²) in [5.41, 5.74) is 5.19. The molecule has 4 N–H and O–H groups in total. The quantitative estimate of drug-likeness (QED) is 0.623. The SMILES string of the molecule is CC(C)C[C@H](CN)CC(=O)NC1(CC(=O)O)CCC1. The number of carboxylic acid groups (broad SMARTS) is 1. The normalized spacial score (nSPS) is 18.7. The van der Waals surface area contributed by atoms with Gasteiger partial charge in [0.05, 0.1) is 12.0 Å². The van der Waals surface area contributed by atoms with Gasteiger partial charge in [0.2, 0.25) is 5.91 Å². The topological polar surface area (TPSA) is 92.4 Å². The highest BCUT2D eigenvalue weighted by Crippen LogP contribution is 2.35. The molecule has 1 amide bonds. The molecule has 1 aliphatic carbocycles. The Morgan fingerprint density at radius 2 is 2.00 bits per heavy atom. The number of carboxylic acids is 1. The molecule has 1 rings (SSSR count). The van der Waals surface area contributed by atoms with Crippen LogP contribution in [0.25, 0.3) is 0 Å². The Balaban J connectivity index is 2.46. The van der Waals surface area contributed by atoms with E-state index in [1.165, 1.54) is 0 Å². The lowest BCUT2D eigenvalue weighted by Gasteiger charge is -2.41. The van der Waals surface area contributed by atoms with Crippen LogP contribution in [-0.2, 0) is 9.59 Å². The minimum Gasteiger partial charge on any atom is -0.481 e. The average molecular weight is 270 g/mol. The number of hydrogen-bond donors (Lipinski definition) is 3. The van der Waals surface area contributed by atoms with Gasteiger partial charge in [-0.15, -0.1) is 0 Å². The third kappa shape index (κ3) is 5.19. The van der Waals surface area contributed by atoms with Gasteiger partial charge >= 0.3 is 5.97 Å². The Hall–Kier alpha value is -1.10. The van der Waals surface area contributed by atoms with Crippen molar-refractivity contribution in [3.05, 3.63) is 0 Å². The fourth-order valence-electron chi connectivity index (χ4n) is 2.78. The van der Waals surface area contributed by atoms with E-state index in [4.69, 9.17) is 10.8 Å². The van der Waals surface area contributed by atoms with Gasteiger partial charge in [-0.3, -0.25) is 9.59 Å². The van der Waals surface area contributed by atoms with Crippen molar-refractivity contribution in [1.82, 2.24) is 5.32 Å². The van der Waals surface area contributed by atoms with E-state index in [0.717, 1.165) is 25.7 Å². The lowest BCUT2D eigenvalue weighted by molar-refractivity contribution is -0.140. The number of rotatable bonds is 8. The lowest BCUT2D eigenvalue weighted by atomic mass is 9.74. The molecule has 0 aromatic carbocycles. The Labute approximate surface area is 114 Å². The molecule has 0 heterocycles. The van der Waals surface area contributed by atoms with Gasteiger partial charge in [-0.05, 0) is 44.1 Å². The third-order valence-corrected chi connectivity index (χ3v) is 3.82. The van der Waals surface area contributed by atoms with Crippen molar-refractivity contribution in [1.29, 1.82) is 0 Å². The maximum atomic E-state index is 12.0. The first-order valence-corrected chi connectivity index (χ1v) is 7.10. The minimum atomic E-state index is -0.849. The Bertz CT molecular complexity index is 325. The molecular formula is C14H26N2O3. The minimum absolute atomic E-state index is 0.0240. The summed E-state index contributed by atoms with van der Waals surface area (Å²) in [6.45, 7) is 4.72. The second-order valence-electron chi connectivity index (χ2n) is 6.19. The van der Waals surface area contributed by atoms with Crippen LogP contribution in [0.15, 0.2) is 0 Å². The molecule has 0 aromatic rings. The van der Waals surface area contributed by atoms with Gasteiger partial charge in [0.1, 0.15) is 0 Å². The monoisotopic (exact) mass is 270 g/mol.